The van der Waals surface area contributed by atoms with Crippen molar-refractivity contribution in [1.29, 1.82) is 0 Å². The normalized spacial score (nSPS) is 13.3. The predicted molar refractivity (Wildman–Crippen MR) is 101 cm³/mol. The van der Waals surface area contributed by atoms with Crippen LogP contribution in [-0.2, 0) is 11.3 Å². The van der Waals surface area contributed by atoms with E-state index >= 15 is 0 Å². The molecule has 0 saturated heterocycles. The van der Waals surface area contributed by atoms with E-state index in [1.165, 1.54) is 4.88 Å². The standard InChI is InChI=1S/C17H30N4O2S/c1-13(21(6)16(22)23-17(2,3)4)9-10-19-15(18-5)20-12-14-8-7-11-24-14/h7-8,11,13H,9-10,12H2,1-6H3,(H2,18,19,20). The zero-order chi connectivity index (χ0) is 18.2. The summed E-state index contributed by atoms with van der Waals surface area (Å²) in [5.74, 6) is 0.760. The minimum atomic E-state index is -0.475. The SMILES string of the molecule is CN=C(NCCC(C)N(C)C(=O)OC(C)(C)C)NCc1cccs1. The van der Waals surface area contributed by atoms with E-state index in [1.807, 2.05) is 33.8 Å². The molecule has 1 aromatic heterocycles. The van der Waals surface area contributed by atoms with E-state index in [9.17, 15) is 4.79 Å². The summed E-state index contributed by atoms with van der Waals surface area (Å²) >= 11 is 1.71. The van der Waals surface area contributed by atoms with Crippen molar-refractivity contribution >= 4 is 23.4 Å². The van der Waals surface area contributed by atoms with Crippen molar-refractivity contribution in [3.63, 3.8) is 0 Å². The highest BCUT2D eigenvalue weighted by atomic mass is 32.1. The Labute approximate surface area is 149 Å². The van der Waals surface area contributed by atoms with Crippen molar-refractivity contribution in [3.8, 4) is 0 Å². The summed E-state index contributed by atoms with van der Waals surface area (Å²) in [5.41, 5.74) is -0.475. The summed E-state index contributed by atoms with van der Waals surface area (Å²) in [4.78, 5) is 19.1. The van der Waals surface area contributed by atoms with E-state index < -0.39 is 5.60 Å². The second-order valence-corrected chi connectivity index (χ2v) is 7.69. The second kappa shape index (κ2) is 9.52. The van der Waals surface area contributed by atoms with Crippen LogP contribution in [0, 0.1) is 0 Å². The van der Waals surface area contributed by atoms with E-state index in [1.54, 1.807) is 30.3 Å². The third-order valence-corrected chi connectivity index (χ3v) is 4.31. The number of carbonyl (C=O) groups excluding carboxylic acids is 1. The van der Waals surface area contributed by atoms with Crippen LogP contribution in [0.4, 0.5) is 4.79 Å². The van der Waals surface area contributed by atoms with Gasteiger partial charge in [-0.2, -0.15) is 0 Å². The molecule has 24 heavy (non-hydrogen) atoms. The Morgan fingerprint density at radius 3 is 2.67 bits per heavy atom. The van der Waals surface area contributed by atoms with Crippen molar-refractivity contribution in [1.82, 2.24) is 15.5 Å². The number of ether oxygens (including phenoxy) is 1. The van der Waals surface area contributed by atoms with Gasteiger partial charge in [0, 0.05) is 31.6 Å². The van der Waals surface area contributed by atoms with Crippen LogP contribution in [0.5, 0.6) is 0 Å². The largest absolute Gasteiger partial charge is 0.444 e. The molecule has 0 aliphatic rings. The number of guanidine groups is 1. The highest BCUT2D eigenvalue weighted by molar-refractivity contribution is 7.09. The molecule has 0 bridgehead atoms. The molecule has 0 radical (unpaired) electrons. The number of aliphatic imine (C=N–C) groups is 1. The van der Waals surface area contributed by atoms with Crippen molar-refractivity contribution in [2.24, 2.45) is 4.99 Å². The van der Waals surface area contributed by atoms with Crippen LogP contribution in [0.1, 0.15) is 39.0 Å². The maximum Gasteiger partial charge on any atom is 0.410 e. The first kappa shape index (κ1) is 20.3. The van der Waals surface area contributed by atoms with Gasteiger partial charge in [-0.05, 0) is 45.6 Å². The Morgan fingerprint density at radius 2 is 2.12 bits per heavy atom. The van der Waals surface area contributed by atoms with Crippen molar-refractivity contribution in [2.45, 2.75) is 52.3 Å². The first-order valence-electron chi connectivity index (χ1n) is 8.15. The molecule has 0 spiro atoms. The summed E-state index contributed by atoms with van der Waals surface area (Å²) in [6, 6.07) is 4.19. The molecule has 1 amide bonds. The van der Waals surface area contributed by atoms with Gasteiger partial charge >= 0.3 is 6.09 Å². The van der Waals surface area contributed by atoms with Gasteiger partial charge in [-0.15, -0.1) is 11.3 Å². The molecule has 7 heteroatoms. The summed E-state index contributed by atoms with van der Waals surface area (Å²) in [6.45, 7) is 9.09. The molecule has 1 unspecified atom stereocenters. The van der Waals surface area contributed by atoms with E-state index in [-0.39, 0.29) is 12.1 Å². The lowest BCUT2D eigenvalue weighted by molar-refractivity contribution is 0.0230. The van der Waals surface area contributed by atoms with Crippen LogP contribution in [0.25, 0.3) is 0 Å². The third kappa shape index (κ3) is 7.68. The predicted octanol–water partition coefficient (Wildman–Crippen LogP) is 3.06. The van der Waals surface area contributed by atoms with Crippen molar-refractivity contribution < 1.29 is 9.53 Å². The molecule has 0 aliphatic carbocycles. The molecule has 0 aromatic carbocycles. The van der Waals surface area contributed by atoms with Gasteiger partial charge in [-0.3, -0.25) is 4.99 Å². The van der Waals surface area contributed by atoms with Gasteiger partial charge in [-0.1, -0.05) is 6.07 Å². The molecule has 136 valence electrons. The number of nitrogens with one attached hydrogen (secondary N) is 2. The molecule has 2 N–H and O–H groups in total. The van der Waals surface area contributed by atoms with Crippen molar-refractivity contribution in [3.05, 3.63) is 22.4 Å². The minimum Gasteiger partial charge on any atom is -0.444 e. The van der Waals surface area contributed by atoms with Crippen LogP contribution in [0.15, 0.2) is 22.5 Å². The van der Waals surface area contributed by atoms with Gasteiger partial charge in [0.1, 0.15) is 5.60 Å². The fraction of sp³-hybridized carbons (Fsp3) is 0.647. The fourth-order valence-electron chi connectivity index (χ4n) is 1.91. The summed E-state index contributed by atoms with van der Waals surface area (Å²) in [5, 5.41) is 8.60. The monoisotopic (exact) mass is 354 g/mol. The topological polar surface area (TPSA) is 66.0 Å². The molecule has 0 saturated carbocycles. The third-order valence-electron chi connectivity index (χ3n) is 3.43. The number of nitrogens with zero attached hydrogens (tertiary/aromatic N) is 2. The van der Waals surface area contributed by atoms with Gasteiger partial charge in [0.25, 0.3) is 0 Å². The quantitative estimate of drug-likeness (QED) is 0.609. The fourth-order valence-corrected chi connectivity index (χ4v) is 2.56. The van der Waals surface area contributed by atoms with Gasteiger partial charge in [0.15, 0.2) is 5.96 Å². The van der Waals surface area contributed by atoms with Crippen LogP contribution < -0.4 is 10.6 Å². The number of carbonyl (C=O) groups is 1. The van der Waals surface area contributed by atoms with E-state index in [0.717, 1.165) is 25.5 Å². The summed E-state index contributed by atoms with van der Waals surface area (Å²) < 4.78 is 5.38. The molecule has 1 rings (SSSR count). The van der Waals surface area contributed by atoms with Gasteiger partial charge in [0.05, 0.1) is 6.54 Å². The second-order valence-electron chi connectivity index (χ2n) is 6.66. The number of amides is 1. The average Bonchev–Trinajstić information content (AvgIpc) is 3.01. The Hall–Kier alpha value is -1.76. The lowest BCUT2D eigenvalue weighted by atomic mass is 10.2. The lowest BCUT2D eigenvalue weighted by Gasteiger charge is -2.28. The number of thiophene rings is 1. The van der Waals surface area contributed by atoms with E-state index in [0.29, 0.717) is 0 Å². The minimum absolute atomic E-state index is 0.0720. The maximum absolute atomic E-state index is 12.0. The zero-order valence-electron chi connectivity index (χ0n) is 15.5. The lowest BCUT2D eigenvalue weighted by Crippen LogP contribution is -2.42. The molecule has 0 fully saturated rings. The highest BCUT2D eigenvalue weighted by Crippen LogP contribution is 2.11. The number of hydrogen-bond acceptors (Lipinski definition) is 4. The van der Waals surface area contributed by atoms with E-state index in [4.69, 9.17) is 4.74 Å². The average molecular weight is 355 g/mol. The first-order chi connectivity index (χ1) is 11.2. The van der Waals surface area contributed by atoms with Crippen LogP contribution in [0.2, 0.25) is 0 Å². The van der Waals surface area contributed by atoms with E-state index in [2.05, 4.69) is 27.1 Å². The van der Waals surface area contributed by atoms with Crippen LogP contribution in [0.3, 0.4) is 0 Å². The van der Waals surface area contributed by atoms with Crippen LogP contribution >= 0.6 is 11.3 Å². The highest BCUT2D eigenvalue weighted by Gasteiger charge is 2.22. The number of hydrogen-bond donors (Lipinski definition) is 2. The summed E-state index contributed by atoms with van der Waals surface area (Å²) in [6.07, 6.45) is 0.505. The van der Waals surface area contributed by atoms with Gasteiger partial charge in [-0.25, -0.2) is 4.79 Å². The molecular formula is C17H30N4O2S. The molecule has 0 aliphatic heterocycles. The smallest absolute Gasteiger partial charge is 0.410 e. The molecule has 1 aromatic rings. The molecule has 1 heterocycles. The maximum atomic E-state index is 12.0. The Kier molecular flexibility index (Phi) is 8.04. The summed E-state index contributed by atoms with van der Waals surface area (Å²) in [7, 11) is 3.52. The van der Waals surface area contributed by atoms with Gasteiger partial charge in [0.2, 0.25) is 0 Å². The zero-order valence-corrected chi connectivity index (χ0v) is 16.4. The van der Waals surface area contributed by atoms with Crippen LogP contribution in [-0.4, -0.2) is 49.2 Å². The Morgan fingerprint density at radius 1 is 1.42 bits per heavy atom. The molecular weight excluding hydrogens is 324 g/mol. The van der Waals surface area contributed by atoms with Crippen molar-refractivity contribution in [2.75, 3.05) is 20.6 Å². The Bertz CT molecular complexity index is 523. The molecule has 6 nitrogen and oxygen atoms in total. The Balaban J connectivity index is 2.32. The van der Waals surface area contributed by atoms with Gasteiger partial charge < -0.3 is 20.3 Å². The number of rotatable bonds is 6. The first-order valence-corrected chi connectivity index (χ1v) is 9.03. The molecule has 1 atom stereocenters.